The maximum absolute atomic E-state index is 11.2. The van der Waals surface area contributed by atoms with Gasteiger partial charge in [0.1, 0.15) is 5.82 Å². The number of aromatic nitrogens is 2. The summed E-state index contributed by atoms with van der Waals surface area (Å²) < 4.78 is 1.74. The van der Waals surface area contributed by atoms with E-state index in [4.69, 9.17) is 18.0 Å². The third-order valence-corrected chi connectivity index (χ3v) is 2.11. The number of hydrogen-bond acceptors (Lipinski definition) is 6. The first-order chi connectivity index (χ1) is 6.58. The molecule has 0 bridgehead atoms. The zero-order chi connectivity index (χ0) is 10.3. The van der Waals surface area contributed by atoms with E-state index in [-0.39, 0.29) is 52.1 Å². The Morgan fingerprint density at radius 2 is 2.33 bits per heavy atom. The van der Waals surface area contributed by atoms with Crippen LogP contribution in [0, 0.1) is 4.77 Å². The molecule has 74 valence electrons. The van der Waals surface area contributed by atoms with Crippen molar-refractivity contribution in [3.63, 3.8) is 0 Å². The average Bonchev–Trinajstić information content (AvgIpc) is 2.08. The summed E-state index contributed by atoms with van der Waals surface area (Å²) in [5, 5.41) is 11.2. The van der Waals surface area contributed by atoms with E-state index in [0.717, 1.165) is 0 Å². The van der Waals surface area contributed by atoms with Crippen LogP contribution >= 0.6 is 12.2 Å². The van der Waals surface area contributed by atoms with E-state index < -0.39 is 0 Å². The van der Waals surface area contributed by atoms with Crippen molar-refractivity contribution >= 4 is 29.8 Å². The van der Waals surface area contributed by atoms with Gasteiger partial charge in [0, 0.05) is 6.07 Å². The second-order valence-corrected chi connectivity index (χ2v) is 3.32. The van der Waals surface area contributed by atoms with Crippen molar-refractivity contribution in [2.24, 2.45) is 4.99 Å². The van der Waals surface area contributed by atoms with E-state index in [1.54, 1.807) is 6.92 Å². The Bertz CT molecular complexity index is 471. The second kappa shape index (κ2) is 4.48. The molecular weight excluding hydrogens is 225 g/mol. The number of nitrogen functional groups attached to an aromatic ring is 1. The fourth-order valence-corrected chi connectivity index (χ4v) is 1.40. The molecule has 1 aliphatic heterocycles. The Balaban J connectivity index is 0.00000112. The minimum Gasteiger partial charge on any atom is -0.860 e. The zero-order valence-electron chi connectivity index (χ0n) is 8.39. The number of fused-ring (bicyclic) bond motifs is 1. The van der Waals surface area contributed by atoms with E-state index in [0.29, 0.717) is 5.82 Å². The number of rotatable bonds is 0. The maximum atomic E-state index is 11.2. The van der Waals surface area contributed by atoms with Crippen LogP contribution in [0.3, 0.4) is 0 Å². The van der Waals surface area contributed by atoms with Gasteiger partial charge in [-0.1, -0.05) is 0 Å². The molecule has 3 N–H and O–H groups in total. The summed E-state index contributed by atoms with van der Waals surface area (Å²) in [5.41, 5.74) is 8.33. The largest absolute Gasteiger partial charge is 1.00 e. The number of aliphatic imine (C=N–C) groups is 1. The number of anilines is 1. The summed E-state index contributed by atoms with van der Waals surface area (Å²) in [7, 11) is 0. The smallest absolute Gasteiger partial charge is 0.860 e. The van der Waals surface area contributed by atoms with E-state index in [1.807, 2.05) is 0 Å². The van der Waals surface area contributed by atoms with Crippen LogP contribution in [0.2, 0.25) is 0 Å². The molecule has 0 amide bonds. The van der Waals surface area contributed by atoms with Gasteiger partial charge in [-0.3, -0.25) is 0 Å². The molecule has 2 heterocycles. The molecule has 1 atom stereocenters. The molecule has 0 aliphatic carbocycles. The molecule has 15 heavy (non-hydrogen) atoms. The quantitative estimate of drug-likeness (QED) is 0.359. The van der Waals surface area contributed by atoms with Crippen LogP contribution in [0.1, 0.15) is 6.92 Å². The predicted molar refractivity (Wildman–Crippen MR) is 53.4 cm³/mol. The van der Waals surface area contributed by atoms with Crippen molar-refractivity contribution in [1.29, 1.82) is 0 Å². The standard InChI is InChI=1S/C7H9N5OS.Na/c1-3-6(13)10-5-2-4(8)9-7(14)12(5)11-3;/h2-3,11H,1H3,(H,10,13)(H2,8,9,14);/q;+1/p-1. The topological polar surface area (TPSA) is 91.3 Å². The number of nitrogens with zero attached hydrogens (tertiary/aromatic N) is 3. The van der Waals surface area contributed by atoms with Crippen molar-refractivity contribution in [1.82, 2.24) is 9.66 Å². The van der Waals surface area contributed by atoms with Crippen molar-refractivity contribution in [3.8, 4) is 0 Å². The van der Waals surface area contributed by atoms with Crippen molar-refractivity contribution in [2.45, 2.75) is 13.0 Å². The van der Waals surface area contributed by atoms with Gasteiger partial charge in [0.15, 0.2) is 5.82 Å². The molecule has 0 saturated heterocycles. The van der Waals surface area contributed by atoms with Crippen LogP contribution in [0.5, 0.6) is 0 Å². The monoisotopic (exact) mass is 233 g/mol. The Morgan fingerprint density at radius 1 is 1.67 bits per heavy atom. The molecule has 1 unspecified atom stereocenters. The fourth-order valence-electron chi connectivity index (χ4n) is 1.15. The summed E-state index contributed by atoms with van der Waals surface area (Å²) in [4.78, 5) is 7.69. The number of hydrogen-bond donors (Lipinski definition) is 2. The summed E-state index contributed by atoms with van der Waals surface area (Å²) in [5.74, 6) is 0.407. The second-order valence-electron chi connectivity index (χ2n) is 2.96. The minimum atomic E-state index is -0.389. The van der Waals surface area contributed by atoms with Gasteiger partial charge in [-0.25, -0.2) is 14.7 Å². The molecule has 0 radical (unpaired) electrons. The molecule has 8 heteroatoms. The summed E-state index contributed by atoms with van der Waals surface area (Å²) in [6.45, 7) is 1.70. The molecular formula is C7H8N5NaOS. The Hall–Kier alpha value is -0.630. The average molecular weight is 233 g/mol. The van der Waals surface area contributed by atoms with Crippen LogP contribution in [0.25, 0.3) is 0 Å². The van der Waals surface area contributed by atoms with Gasteiger partial charge in [0.2, 0.25) is 4.77 Å². The SMILES string of the molecule is CC1Nn2c(cc(N)nc2=S)N=C1[O-].[Na+]. The fraction of sp³-hybridized carbons (Fsp3) is 0.286. The molecule has 0 fully saturated rings. The van der Waals surface area contributed by atoms with Gasteiger partial charge in [0.25, 0.3) is 0 Å². The van der Waals surface area contributed by atoms with Crippen molar-refractivity contribution in [2.75, 3.05) is 11.2 Å². The summed E-state index contributed by atoms with van der Waals surface area (Å²) in [6, 6.07) is 1.10. The molecule has 0 spiro atoms. The predicted octanol–water partition coefficient (Wildman–Crippen LogP) is -3.47. The van der Waals surface area contributed by atoms with E-state index in [1.165, 1.54) is 10.7 Å². The summed E-state index contributed by atoms with van der Waals surface area (Å²) in [6.07, 6.45) is 0. The van der Waals surface area contributed by atoms with Crippen LogP contribution in [-0.2, 0) is 0 Å². The molecule has 1 aromatic heterocycles. The molecule has 1 aliphatic rings. The Labute approximate surface area is 113 Å². The van der Waals surface area contributed by atoms with Crippen LogP contribution in [0.4, 0.5) is 11.6 Å². The Morgan fingerprint density at radius 3 is 3.00 bits per heavy atom. The first-order valence-electron chi connectivity index (χ1n) is 3.99. The van der Waals surface area contributed by atoms with E-state index >= 15 is 0 Å². The van der Waals surface area contributed by atoms with E-state index in [9.17, 15) is 5.11 Å². The zero-order valence-corrected chi connectivity index (χ0v) is 11.2. The van der Waals surface area contributed by atoms with Crippen molar-refractivity contribution < 1.29 is 34.7 Å². The van der Waals surface area contributed by atoms with E-state index in [2.05, 4.69) is 15.4 Å². The van der Waals surface area contributed by atoms with Crippen molar-refractivity contribution in [3.05, 3.63) is 10.8 Å². The van der Waals surface area contributed by atoms with Gasteiger partial charge in [-0.05, 0) is 25.0 Å². The third-order valence-electron chi connectivity index (χ3n) is 1.84. The van der Waals surface area contributed by atoms with Gasteiger partial charge < -0.3 is 16.3 Å². The number of nitrogens with two attached hydrogens (primary N) is 1. The third kappa shape index (κ3) is 2.31. The molecule has 1 aromatic rings. The van der Waals surface area contributed by atoms with Crippen LogP contribution in [-0.4, -0.2) is 21.6 Å². The first kappa shape index (κ1) is 12.4. The molecule has 0 saturated carbocycles. The van der Waals surface area contributed by atoms with Crippen LogP contribution in [0.15, 0.2) is 11.1 Å². The first-order valence-corrected chi connectivity index (χ1v) is 4.40. The van der Waals surface area contributed by atoms with Gasteiger partial charge in [-0.2, -0.15) is 0 Å². The normalized spacial score (nSPS) is 18.2. The van der Waals surface area contributed by atoms with Crippen LogP contribution < -0.4 is 45.8 Å². The molecule has 0 aromatic carbocycles. The number of nitrogens with one attached hydrogen (secondary N) is 1. The molecule has 2 rings (SSSR count). The minimum absolute atomic E-state index is 0. The Kier molecular flexibility index (Phi) is 3.72. The van der Waals surface area contributed by atoms with Gasteiger partial charge >= 0.3 is 29.6 Å². The maximum Gasteiger partial charge on any atom is 1.00 e. The molecule has 6 nitrogen and oxygen atoms in total. The summed E-state index contributed by atoms with van der Waals surface area (Å²) >= 11 is 4.96. The van der Waals surface area contributed by atoms with Gasteiger partial charge in [0.05, 0.1) is 6.04 Å². The van der Waals surface area contributed by atoms with Gasteiger partial charge in [-0.15, -0.1) is 0 Å².